The molecule has 5 heteroatoms. The summed E-state index contributed by atoms with van der Waals surface area (Å²) < 4.78 is 4.67. The molecule has 0 fully saturated rings. The van der Waals surface area contributed by atoms with Gasteiger partial charge in [0.05, 0.1) is 0 Å². The van der Waals surface area contributed by atoms with Crippen molar-refractivity contribution in [2.75, 3.05) is 0 Å². The number of aromatic amines is 1. The Morgan fingerprint density at radius 1 is 1.42 bits per heavy atom. The summed E-state index contributed by atoms with van der Waals surface area (Å²) in [5, 5.41) is 10.1. The fraction of sp³-hybridized carbons (Fsp3) is 0. The maximum Gasteiger partial charge on any atom is 0.298 e. The number of aromatic nitrogens is 3. The highest BCUT2D eigenvalue weighted by Gasteiger charge is 2.03. The largest absolute Gasteiger partial charge is 0.426 e. The van der Waals surface area contributed by atoms with Crippen molar-refractivity contribution >= 4 is 17.5 Å². The summed E-state index contributed by atoms with van der Waals surface area (Å²) in [5.41, 5.74) is 1.24. The Balaban J connectivity index is 2.65. The average molecular weight is 163 g/mol. The first kappa shape index (κ1) is 6.78. The van der Waals surface area contributed by atoms with E-state index < -0.39 is 0 Å². The molecule has 0 saturated heterocycles. The van der Waals surface area contributed by atoms with Gasteiger partial charge >= 0.3 is 0 Å². The van der Waals surface area contributed by atoms with E-state index in [1.807, 2.05) is 0 Å². The van der Waals surface area contributed by atoms with Crippen molar-refractivity contribution in [2.24, 2.45) is 0 Å². The Bertz CT molecular complexity index is 410. The lowest BCUT2D eigenvalue weighted by atomic mass is 10.3. The molecule has 0 aliphatic rings. The molecular weight excluding hydrogens is 158 g/mol. The van der Waals surface area contributed by atoms with Crippen molar-refractivity contribution in [3.05, 3.63) is 18.2 Å². The number of para-hydroxylation sites is 1. The van der Waals surface area contributed by atoms with Gasteiger partial charge in [0, 0.05) is 0 Å². The highest BCUT2D eigenvalue weighted by molar-refractivity contribution is 5.81. The van der Waals surface area contributed by atoms with E-state index in [0.29, 0.717) is 23.3 Å². The fourth-order valence-electron chi connectivity index (χ4n) is 0.989. The number of hydrogen-bond donors (Lipinski definition) is 1. The predicted octanol–water partition coefficient (Wildman–Crippen LogP) is 0.493. The molecule has 0 spiro atoms. The van der Waals surface area contributed by atoms with Gasteiger partial charge in [0.25, 0.3) is 6.47 Å². The van der Waals surface area contributed by atoms with Crippen molar-refractivity contribution in [1.29, 1.82) is 0 Å². The van der Waals surface area contributed by atoms with Gasteiger partial charge in [-0.3, -0.25) is 4.79 Å². The lowest BCUT2D eigenvalue weighted by Crippen LogP contribution is -1.88. The number of H-pyrrole nitrogens is 1. The lowest BCUT2D eigenvalue weighted by Gasteiger charge is -1.94. The molecule has 1 heterocycles. The molecule has 0 radical (unpaired) electrons. The van der Waals surface area contributed by atoms with Crippen molar-refractivity contribution in [3.63, 3.8) is 0 Å². The molecule has 0 saturated carbocycles. The van der Waals surface area contributed by atoms with Gasteiger partial charge in [0.15, 0.2) is 11.3 Å². The first-order chi connectivity index (χ1) is 5.92. The van der Waals surface area contributed by atoms with Crippen LogP contribution < -0.4 is 4.74 Å². The molecule has 1 aromatic heterocycles. The number of carbonyl (C=O) groups excluding carboxylic acids is 1. The summed E-state index contributed by atoms with van der Waals surface area (Å²) in [6.07, 6.45) is 0. The monoisotopic (exact) mass is 163 g/mol. The van der Waals surface area contributed by atoms with Crippen LogP contribution in [-0.2, 0) is 4.79 Å². The highest BCUT2D eigenvalue weighted by Crippen LogP contribution is 2.20. The van der Waals surface area contributed by atoms with Crippen LogP contribution >= 0.6 is 0 Å². The molecule has 12 heavy (non-hydrogen) atoms. The summed E-state index contributed by atoms with van der Waals surface area (Å²) in [6, 6.07) is 5.17. The molecule has 60 valence electrons. The second-order valence-electron chi connectivity index (χ2n) is 2.16. The molecule has 2 aromatic rings. The third-order valence-corrected chi connectivity index (χ3v) is 1.49. The average Bonchev–Trinajstić information content (AvgIpc) is 2.53. The van der Waals surface area contributed by atoms with E-state index in [1.165, 1.54) is 0 Å². The molecule has 0 aliphatic heterocycles. The van der Waals surface area contributed by atoms with Gasteiger partial charge in [-0.15, -0.1) is 0 Å². The second kappa shape index (κ2) is 2.61. The van der Waals surface area contributed by atoms with Crippen LogP contribution in [0.1, 0.15) is 0 Å². The van der Waals surface area contributed by atoms with Gasteiger partial charge in [-0.2, -0.15) is 15.4 Å². The van der Waals surface area contributed by atoms with Gasteiger partial charge in [0.1, 0.15) is 5.52 Å². The van der Waals surface area contributed by atoms with Gasteiger partial charge in [0.2, 0.25) is 0 Å². The van der Waals surface area contributed by atoms with Gasteiger partial charge in [-0.05, 0) is 12.1 Å². The highest BCUT2D eigenvalue weighted by atomic mass is 16.5. The number of nitrogens with one attached hydrogen (secondary N) is 1. The number of carbonyl (C=O) groups is 1. The number of rotatable bonds is 2. The molecule has 0 atom stereocenters. The Morgan fingerprint density at radius 2 is 2.33 bits per heavy atom. The van der Waals surface area contributed by atoms with Gasteiger partial charge in [-0.25, -0.2) is 0 Å². The number of hydrogen-bond acceptors (Lipinski definition) is 4. The first-order valence-corrected chi connectivity index (χ1v) is 3.31. The van der Waals surface area contributed by atoms with Crippen molar-refractivity contribution < 1.29 is 9.53 Å². The van der Waals surface area contributed by atoms with E-state index in [-0.39, 0.29) is 0 Å². The molecule has 0 aliphatic carbocycles. The molecule has 0 bridgehead atoms. The Hall–Kier alpha value is -1.91. The van der Waals surface area contributed by atoms with Gasteiger partial charge < -0.3 is 4.74 Å². The standard InChI is InChI=1S/C7H5N3O2/c11-4-12-6-3-1-2-5-7(6)9-10-8-5/h1-4H,(H,8,9,10). The molecule has 0 unspecified atom stereocenters. The number of nitrogens with zero attached hydrogens (tertiary/aromatic N) is 2. The van der Waals surface area contributed by atoms with E-state index >= 15 is 0 Å². The molecule has 2 rings (SSSR count). The normalized spacial score (nSPS) is 10.0. The van der Waals surface area contributed by atoms with E-state index in [9.17, 15) is 4.79 Å². The quantitative estimate of drug-likeness (QED) is 0.654. The van der Waals surface area contributed by atoms with Crippen LogP contribution in [0, 0.1) is 0 Å². The van der Waals surface area contributed by atoms with Crippen LogP contribution in [0.15, 0.2) is 18.2 Å². The fourth-order valence-corrected chi connectivity index (χ4v) is 0.989. The zero-order valence-corrected chi connectivity index (χ0v) is 6.02. The van der Waals surface area contributed by atoms with E-state index in [4.69, 9.17) is 0 Å². The number of benzene rings is 1. The van der Waals surface area contributed by atoms with Crippen LogP contribution in [-0.4, -0.2) is 21.9 Å². The summed E-state index contributed by atoms with van der Waals surface area (Å²) in [5.74, 6) is 0.413. The Labute approximate surface area is 67.3 Å². The molecule has 1 N–H and O–H groups in total. The summed E-state index contributed by atoms with van der Waals surface area (Å²) in [6.45, 7) is 0.365. The summed E-state index contributed by atoms with van der Waals surface area (Å²) >= 11 is 0. The van der Waals surface area contributed by atoms with Crippen LogP contribution in [0.3, 0.4) is 0 Å². The van der Waals surface area contributed by atoms with Crippen LogP contribution in [0.5, 0.6) is 5.75 Å². The van der Waals surface area contributed by atoms with Crippen molar-refractivity contribution in [2.45, 2.75) is 0 Å². The number of fused-ring (bicyclic) bond motifs is 1. The smallest absolute Gasteiger partial charge is 0.298 e. The van der Waals surface area contributed by atoms with Crippen molar-refractivity contribution in [3.8, 4) is 5.75 Å². The second-order valence-corrected chi connectivity index (χ2v) is 2.16. The number of ether oxygens (including phenoxy) is 1. The Morgan fingerprint density at radius 3 is 3.17 bits per heavy atom. The minimum atomic E-state index is 0.365. The maximum atomic E-state index is 10.1. The van der Waals surface area contributed by atoms with E-state index in [0.717, 1.165) is 0 Å². The zero-order valence-electron chi connectivity index (χ0n) is 6.02. The molecule has 0 amide bonds. The van der Waals surface area contributed by atoms with E-state index in [1.54, 1.807) is 18.2 Å². The molecule has 5 nitrogen and oxygen atoms in total. The van der Waals surface area contributed by atoms with E-state index in [2.05, 4.69) is 20.1 Å². The Kier molecular flexibility index (Phi) is 1.48. The lowest BCUT2D eigenvalue weighted by molar-refractivity contribution is -0.120. The van der Waals surface area contributed by atoms with Crippen LogP contribution in [0.25, 0.3) is 11.0 Å². The van der Waals surface area contributed by atoms with Gasteiger partial charge in [-0.1, -0.05) is 6.07 Å². The summed E-state index contributed by atoms with van der Waals surface area (Å²) in [4.78, 5) is 10.1. The van der Waals surface area contributed by atoms with Crippen LogP contribution in [0.4, 0.5) is 0 Å². The molecule has 1 aromatic carbocycles. The third kappa shape index (κ3) is 0.914. The van der Waals surface area contributed by atoms with Crippen molar-refractivity contribution in [1.82, 2.24) is 15.4 Å². The summed E-state index contributed by atoms with van der Waals surface area (Å²) in [7, 11) is 0. The SMILES string of the molecule is O=COc1cccc2n[nH]nc12. The maximum absolute atomic E-state index is 10.1. The van der Waals surface area contributed by atoms with Crippen LogP contribution in [0.2, 0.25) is 0 Å². The topological polar surface area (TPSA) is 67.9 Å². The minimum absolute atomic E-state index is 0.365. The predicted molar refractivity (Wildman–Crippen MR) is 40.6 cm³/mol. The minimum Gasteiger partial charge on any atom is -0.426 e. The third-order valence-electron chi connectivity index (χ3n) is 1.49. The zero-order chi connectivity index (χ0) is 8.39. The first-order valence-electron chi connectivity index (χ1n) is 3.31. The molecular formula is C7H5N3O2.